The monoisotopic (exact) mass is 418 g/mol. The Kier molecular flexibility index (Phi) is 4.73. The number of carbonyl (C=O) groups is 1. The summed E-state index contributed by atoms with van der Waals surface area (Å²) in [5.41, 5.74) is 2.00. The van der Waals surface area contributed by atoms with Crippen LogP contribution in [0.2, 0.25) is 10.0 Å². The van der Waals surface area contributed by atoms with E-state index in [9.17, 15) is 4.79 Å². The van der Waals surface area contributed by atoms with Crippen molar-refractivity contribution in [1.82, 2.24) is 14.6 Å². The Morgan fingerprint density at radius 1 is 1.22 bits per heavy atom. The zero-order valence-corrected chi connectivity index (χ0v) is 16.3. The van der Waals surface area contributed by atoms with Gasteiger partial charge in [0.05, 0.1) is 23.4 Å². The van der Waals surface area contributed by atoms with Crippen LogP contribution in [-0.2, 0) is 0 Å². The third-order valence-electron chi connectivity index (χ3n) is 3.87. The number of anilines is 1. The Bertz CT molecular complexity index is 1160. The lowest BCUT2D eigenvalue weighted by molar-refractivity contribution is 0.102. The zero-order chi connectivity index (χ0) is 19.0. The molecular formula is C18H12Cl2N4O2S. The fraction of sp³-hybridized carbons (Fsp3) is 0.0556. The number of hydrogen-bond acceptors (Lipinski definition) is 5. The summed E-state index contributed by atoms with van der Waals surface area (Å²) in [6.07, 6.45) is 0. The van der Waals surface area contributed by atoms with Gasteiger partial charge in [0.2, 0.25) is 4.96 Å². The number of halogens is 2. The van der Waals surface area contributed by atoms with Gasteiger partial charge in [-0.25, -0.2) is 4.52 Å². The summed E-state index contributed by atoms with van der Waals surface area (Å²) in [6.45, 7) is 0. The molecule has 0 spiro atoms. The first kappa shape index (κ1) is 17.8. The highest BCUT2D eigenvalue weighted by atomic mass is 35.5. The van der Waals surface area contributed by atoms with Crippen LogP contribution >= 0.6 is 34.5 Å². The number of thiazole rings is 1. The standard InChI is InChI=1S/C18H12Cl2N4O2S/c1-26-15-5-3-2-4-12(15)14-9-27-18-22-17(23-24(14)18)21-16(25)11-7-6-10(19)8-13(11)20/h2-9H,1H3,(H,21,23,25). The first-order valence-electron chi connectivity index (χ1n) is 7.81. The lowest BCUT2D eigenvalue weighted by Gasteiger charge is -2.06. The van der Waals surface area contributed by atoms with E-state index in [-0.39, 0.29) is 11.0 Å². The van der Waals surface area contributed by atoms with E-state index in [4.69, 9.17) is 27.9 Å². The van der Waals surface area contributed by atoms with Gasteiger partial charge in [0.25, 0.3) is 11.9 Å². The summed E-state index contributed by atoms with van der Waals surface area (Å²) in [4.78, 5) is 17.5. The minimum Gasteiger partial charge on any atom is -0.496 e. The summed E-state index contributed by atoms with van der Waals surface area (Å²) in [6, 6.07) is 12.3. The number of benzene rings is 2. The first-order chi connectivity index (χ1) is 13.1. The normalized spacial score (nSPS) is 10.9. The minimum absolute atomic E-state index is 0.189. The van der Waals surface area contributed by atoms with Crippen molar-refractivity contribution in [3.8, 4) is 17.0 Å². The maximum atomic E-state index is 12.5. The minimum atomic E-state index is -0.409. The van der Waals surface area contributed by atoms with Crippen LogP contribution in [0.5, 0.6) is 5.75 Å². The van der Waals surface area contributed by atoms with E-state index in [0.29, 0.717) is 15.5 Å². The van der Waals surface area contributed by atoms with Crippen LogP contribution < -0.4 is 10.1 Å². The molecule has 9 heteroatoms. The molecule has 0 saturated carbocycles. The molecule has 1 N–H and O–H groups in total. The maximum Gasteiger partial charge on any atom is 0.259 e. The highest BCUT2D eigenvalue weighted by Crippen LogP contribution is 2.32. The molecule has 6 nitrogen and oxygen atoms in total. The van der Waals surface area contributed by atoms with Gasteiger partial charge in [-0.2, -0.15) is 4.98 Å². The Hall–Kier alpha value is -2.61. The molecule has 0 aliphatic rings. The van der Waals surface area contributed by atoms with Gasteiger partial charge in [0.1, 0.15) is 5.75 Å². The molecule has 2 aromatic heterocycles. The van der Waals surface area contributed by atoms with E-state index in [0.717, 1.165) is 17.0 Å². The van der Waals surface area contributed by atoms with Crippen LogP contribution in [0.1, 0.15) is 10.4 Å². The van der Waals surface area contributed by atoms with Crippen molar-refractivity contribution in [1.29, 1.82) is 0 Å². The van der Waals surface area contributed by atoms with E-state index in [1.165, 1.54) is 17.4 Å². The molecule has 0 saturated heterocycles. The number of para-hydroxylation sites is 1. The molecule has 0 atom stereocenters. The second kappa shape index (κ2) is 7.19. The van der Waals surface area contributed by atoms with Gasteiger partial charge >= 0.3 is 0 Å². The fourth-order valence-electron chi connectivity index (χ4n) is 2.62. The van der Waals surface area contributed by atoms with Gasteiger partial charge in [-0.3, -0.25) is 10.1 Å². The molecule has 1 amide bonds. The summed E-state index contributed by atoms with van der Waals surface area (Å²) in [5.74, 6) is 0.508. The van der Waals surface area contributed by atoms with Gasteiger partial charge in [0.15, 0.2) is 0 Å². The van der Waals surface area contributed by atoms with E-state index in [1.807, 2.05) is 29.6 Å². The van der Waals surface area contributed by atoms with Gasteiger partial charge in [-0.15, -0.1) is 16.4 Å². The molecule has 0 radical (unpaired) electrons. The number of amides is 1. The number of nitrogens with one attached hydrogen (secondary N) is 1. The second-order valence-corrected chi connectivity index (χ2v) is 7.21. The summed E-state index contributed by atoms with van der Waals surface area (Å²) in [7, 11) is 1.62. The first-order valence-corrected chi connectivity index (χ1v) is 9.44. The van der Waals surface area contributed by atoms with Crippen LogP contribution in [0, 0.1) is 0 Å². The van der Waals surface area contributed by atoms with Crippen molar-refractivity contribution >= 4 is 51.4 Å². The largest absolute Gasteiger partial charge is 0.496 e. The molecule has 27 heavy (non-hydrogen) atoms. The quantitative estimate of drug-likeness (QED) is 0.504. The predicted molar refractivity (Wildman–Crippen MR) is 107 cm³/mol. The third-order valence-corrected chi connectivity index (χ3v) is 5.23. The highest BCUT2D eigenvalue weighted by Gasteiger charge is 2.17. The summed E-state index contributed by atoms with van der Waals surface area (Å²) >= 11 is 13.4. The number of nitrogens with zero attached hydrogens (tertiary/aromatic N) is 3. The third kappa shape index (κ3) is 3.37. The van der Waals surface area contributed by atoms with Crippen molar-refractivity contribution in [3.05, 3.63) is 63.5 Å². The van der Waals surface area contributed by atoms with Crippen LogP contribution in [-0.4, -0.2) is 27.6 Å². The molecular weight excluding hydrogens is 407 g/mol. The SMILES string of the molecule is COc1ccccc1-c1csc2nc(NC(=O)c3ccc(Cl)cc3Cl)nn12. The maximum absolute atomic E-state index is 12.5. The molecule has 0 unspecified atom stereocenters. The van der Waals surface area contributed by atoms with E-state index < -0.39 is 5.91 Å². The number of carbonyl (C=O) groups excluding carboxylic acids is 1. The van der Waals surface area contributed by atoms with Crippen LogP contribution in [0.4, 0.5) is 5.95 Å². The molecule has 2 aromatic carbocycles. The number of ether oxygens (including phenoxy) is 1. The number of rotatable bonds is 4. The van der Waals surface area contributed by atoms with Crippen molar-refractivity contribution in [2.45, 2.75) is 0 Å². The van der Waals surface area contributed by atoms with E-state index in [1.54, 1.807) is 23.8 Å². The number of hydrogen-bond donors (Lipinski definition) is 1. The van der Waals surface area contributed by atoms with E-state index in [2.05, 4.69) is 15.4 Å². The fourth-order valence-corrected chi connectivity index (χ4v) is 3.94. The lowest BCUT2D eigenvalue weighted by atomic mass is 10.1. The molecule has 4 aromatic rings. The van der Waals surface area contributed by atoms with Gasteiger partial charge in [0, 0.05) is 16.0 Å². The molecule has 0 bridgehead atoms. The van der Waals surface area contributed by atoms with Crippen LogP contribution in [0.25, 0.3) is 16.2 Å². The van der Waals surface area contributed by atoms with Gasteiger partial charge in [-0.05, 0) is 30.3 Å². The summed E-state index contributed by atoms with van der Waals surface area (Å²) in [5, 5.41) is 9.72. The van der Waals surface area contributed by atoms with Gasteiger partial charge in [-0.1, -0.05) is 35.3 Å². The molecule has 0 aliphatic heterocycles. The predicted octanol–water partition coefficient (Wildman–Crippen LogP) is 5.03. The second-order valence-electron chi connectivity index (χ2n) is 5.53. The average Bonchev–Trinajstić information content (AvgIpc) is 3.21. The zero-order valence-electron chi connectivity index (χ0n) is 13.9. The molecule has 0 aliphatic carbocycles. The smallest absolute Gasteiger partial charge is 0.259 e. The summed E-state index contributed by atoms with van der Waals surface area (Å²) < 4.78 is 7.09. The van der Waals surface area contributed by atoms with Crippen molar-refractivity contribution in [2.75, 3.05) is 12.4 Å². The van der Waals surface area contributed by atoms with Gasteiger partial charge < -0.3 is 4.74 Å². The van der Waals surface area contributed by atoms with Crippen molar-refractivity contribution in [2.24, 2.45) is 0 Å². The average molecular weight is 419 g/mol. The molecule has 2 heterocycles. The Morgan fingerprint density at radius 3 is 2.81 bits per heavy atom. The van der Waals surface area contributed by atoms with Crippen molar-refractivity contribution in [3.63, 3.8) is 0 Å². The van der Waals surface area contributed by atoms with Crippen LogP contribution in [0.15, 0.2) is 47.8 Å². The van der Waals surface area contributed by atoms with E-state index >= 15 is 0 Å². The molecule has 4 rings (SSSR count). The topological polar surface area (TPSA) is 68.5 Å². The number of aromatic nitrogens is 3. The number of methoxy groups -OCH3 is 1. The number of fused-ring (bicyclic) bond motifs is 1. The van der Waals surface area contributed by atoms with Crippen molar-refractivity contribution < 1.29 is 9.53 Å². The Balaban J connectivity index is 1.67. The Labute approximate surface area is 168 Å². The Morgan fingerprint density at radius 2 is 2.04 bits per heavy atom. The highest BCUT2D eigenvalue weighted by molar-refractivity contribution is 7.15. The lowest BCUT2D eigenvalue weighted by Crippen LogP contribution is -2.13. The molecule has 136 valence electrons. The molecule has 0 fully saturated rings. The van der Waals surface area contributed by atoms with Crippen LogP contribution in [0.3, 0.4) is 0 Å².